The van der Waals surface area contributed by atoms with Crippen molar-refractivity contribution in [1.29, 1.82) is 0 Å². The van der Waals surface area contributed by atoms with Gasteiger partial charge in [0.1, 0.15) is 6.04 Å². The zero-order valence-corrected chi connectivity index (χ0v) is 14.2. The SMILES string of the molecule is CCOC(=O)C(c1cccc(C)c1)N(CC)Cc1ccccc1. The molecule has 122 valence electrons. The standard InChI is InChI=1S/C20H25NO2/c1-4-21(15-17-11-7-6-8-12-17)19(20(22)23-5-2)18-13-9-10-16(3)14-18/h6-14,19H,4-5,15H2,1-3H3. The quantitative estimate of drug-likeness (QED) is 0.720. The Morgan fingerprint density at radius 3 is 2.43 bits per heavy atom. The van der Waals surface area contributed by atoms with E-state index in [1.807, 2.05) is 50.2 Å². The number of carbonyl (C=O) groups is 1. The summed E-state index contributed by atoms with van der Waals surface area (Å²) in [6.07, 6.45) is 0. The average Bonchev–Trinajstić information content (AvgIpc) is 2.55. The third-order valence-electron chi connectivity index (χ3n) is 3.87. The first kappa shape index (κ1) is 17.2. The highest BCUT2D eigenvalue weighted by Crippen LogP contribution is 2.25. The largest absolute Gasteiger partial charge is 0.465 e. The number of hydrogen-bond acceptors (Lipinski definition) is 3. The third kappa shape index (κ3) is 4.67. The number of esters is 1. The van der Waals surface area contributed by atoms with Crippen LogP contribution < -0.4 is 0 Å². The second-order valence-corrected chi connectivity index (χ2v) is 5.62. The molecule has 0 N–H and O–H groups in total. The van der Waals surface area contributed by atoms with E-state index in [4.69, 9.17) is 4.74 Å². The lowest BCUT2D eigenvalue weighted by Gasteiger charge is -2.29. The first-order chi connectivity index (χ1) is 11.2. The van der Waals surface area contributed by atoms with Gasteiger partial charge in [-0.2, -0.15) is 0 Å². The van der Waals surface area contributed by atoms with E-state index in [-0.39, 0.29) is 12.0 Å². The number of carbonyl (C=O) groups excluding carboxylic acids is 1. The molecule has 2 aromatic rings. The summed E-state index contributed by atoms with van der Waals surface area (Å²) < 4.78 is 5.34. The van der Waals surface area contributed by atoms with Crippen molar-refractivity contribution in [2.45, 2.75) is 33.4 Å². The van der Waals surface area contributed by atoms with Crippen LogP contribution in [0, 0.1) is 6.92 Å². The number of hydrogen-bond donors (Lipinski definition) is 0. The lowest BCUT2D eigenvalue weighted by molar-refractivity contribution is -0.150. The number of benzene rings is 2. The molecule has 1 unspecified atom stereocenters. The maximum Gasteiger partial charge on any atom is 0.328 e. The van der Waals surface area contributed by atoms with Crippen molar-refractivity contribution in [1.82, 2.24) is 4.90 Å². The van der Waals surface area contributed by atoms with Gasteiger partial charge in [-0.3, -0.25) is 4.90 Å². The van der Waals surface area contributed by atoms with Crippen molar-refractivity contribution < 1.29 is 9.53 Å². The third-order valence-corrected chi connectivity index (χ3v) is 3.87. The van der Waals surface area contributed by atoms with Crippen LogP contribution in [0.25, 0.3) is 0 Å². The molecule has 0 aliphatic heterocycles. The van der Waals surface area contributed by atoms with Crippen molar-refractivity contribution >= 4 is 5.97 Å². The molecule has 3 nitrogen and oxygen atoms in total. The lowest BCUT2D eigenvalue weighted by Crippen LogP contribution is -2.35. The van der Waals surface area contributed by atoms with Gasteiger partial charge >= 0.3 is 5.97 Å². The van der Waals surface area contributed by atoms with Gasteiger partial charge in [-0.1, -0.05) is 67.1 Å². The highest BCUT2D eigenvalue weighted by atomic mass is 16.5. The summed E-state index contributed by atoms with van der Waals surface area (Å²) in [6.45, 7) is 7.84. The van der Waals surface area contributed by atoms with Gasteiger partial charge in [0.15, 0.2) is 0 Å². The molecule has 23 heavy (non-hydrogen) atoms. The molecule has 1 atom stereocenters. The van der Waals surface area contributed by atoms with Gasteiger partial charge in [0, 0.05) is 6.54 Å². The molecule has 2 rings (SSSR count). The molecule has 0 aromatic heterocycles. The molecule has 0 saturated carbocycles. The maximum atomic E-state index is 12.6. The number of rotatable bonds is 7. The van der Waals surface area contributed by atoms with E-state index in [1.54, 1.807) is 0 Å². The second kappa shape index (κ2) is 8.49. The van der Waals surface area contributed by atoms with Crippen molar-refractivity contribution in [2.75, 3.05) is 13.2 Å². The Balaban J connectivity index is 2.32. The minimum Gasteiger partial charge on any atom is -0.465 e. The summed E-state index contributed by atoms with van der Waals surface area (Å²) in [5.41, 5.74) is 3.32. The van der Waals surface area contributed by atoms with Crippen LogP contribution in [0.1, 0.15) is 36.6 Å². The zero-order valence-electron chi connectivity index (χ0n) is 14.2. The Kier molecular flexibility index (Phi) is 6.36. The molecule has 0 bridgehead atoms. The summed E-state index contributed by atoms with van der Waals surface area (Å²) in [5.74, 6) is -0.184. The molecule has 0 spiro atoms. The molecule has 3 heteroatoms. The molecule has 0 saturated heterocycles. The minimum atomic E-state index is -0.375. The van der Waals surface area contributed by atoms with Gasteiger partial charge in [0.25, 0.3) is 0 Å². The number of likely N-dealkylation sites (N-methyl/N-ethyl adjacent to an activating group) is 1. The Labute approximate surface area is 138 Å². The van der Waals surface area contributed by atoms with Crippen LogP contribution in [0.5, 0.6) is 0 Å². The molecule has 0 amide bonds. The normalized spacial score (nSPS) is 12.2. The van der Waals surface area contributed by atoms with Gasteiger partial charge < -0.3 is 4.74 Å². The predicted molar refractivity (Wildman–Crippen MR) is 93.1 cm³/mol. The highest BCUT2D eigenvalue weighted by molar-refractivity contribution is 5.77. The summed E-state index contributed by atoms with van der Waals surface area (Å²) in [7, 11) is 0. The van der Waals surface area contributed by atoms with Crippen molar-refractivity contribution in [3.63, 3.8) is 0 Å². The van der Waals surface area contributed by atoms with E-state index < -0.39 is 0 Å². The van der Waals surface area contributed by atoms with E-state index in [0.717, 1.165) is 24.2 Å². The first-order valence-corrected chi connectivity index (χ1v) is 8.16. The van der Waals surface area contributed by atoms with Crippen LogP contribution >= 0.6 is 0 Å². The van der Waals surface area contributed by atoms with Crippen LogP contribution in [-0.2, 0) is 16.1 Å². The number of nitrogens with zero attached hydrogens (tertiary/aromatic N) is 1. The molecule has 0 aliphatic carbocycles. The summed E-state index contributed by atoms with van der Waals surface area (Å²) in [5, 5.41) is 0. The smallest absolute Gasteiger partial charge is 0.328 e. The van der Waals surface area contributed by atoms with E-state index >= 15 is 0 Å². The van der Waals surface area contributed by atoms with Gasteiger partial charge in [0.05, 0.1) is 6.61 Å². The average molecular weight is 311 g/mol. The molecular weight excluding hydrogens is 286 g/mol. The van der Waals surface area contributed by atoms with E-state index in [9.17, 15) is 4.79 Å². The van der Waals surface area contributed by atoms with Crippen LogP contribution in [-0.4, -0.2) is 24.0 Å². The van der Waals surface area contributed by atoms with Gasteiger partial charge in [-0.15, -0.1) is 0 Å². The fourth-order valence-electron chi connectivity index (χ4n) is 2.76. The van der Waals surface area contributed by atoms with E-state index in [1.165, 1.54) is 5.56 Å². The summed E-state index contributed by atoms with van der Waals surface area (Å²) >= 11 is 0. The molecule has 0 fully saturated rings. The summed E-state index contributed by atoms with van der Waals surface area (Å²) in [4.78, 5) is 14.7. The number of aryl methyl sites for hydroxylation is 1. The Hall–Kier alpha value is -2.13. The topological polar surface area (TPSA) is 29.5 Å². The lowest BCUT2D eigenvalue weighted by atomic mass is 10.0. The summed E-state index contributed by atoms with van der Waals surface area (Å²) in [6, 6.07) is 17.9. The Bertz CT molecular complexity index is 625. The van der Waals surface area contributed by atoms with Crippen LogP contribution in [0.3, 0.4) is 0 Å². The zero-order chi connectivity index (χ0) is 16.7. The highest BCUT2D eigenvalue weighted by Gasteiger charge is 2.28. The van der Waals surface area contributed by atoms with Crippen molar-refractivity contribution in [3.05, 3.63) is 71.3 Å². The number of ether oxygens (including phenoxy) is 1. The van der Waals surface area contributed by atoms with E-state index in [0.29, 0.717) is 6.61 Å². The second-order valence-electron chi connectivity index (χ2n) is 5.62. The monoisotopic (exact) mass is 311 g/mol. The van der Waals surface area contributed by atoms with Crippen molar-refractivity contribution in [3.8, 4) is 0 Å². The first-order valence-electron chi connectivity index (χ1n) is 8.16. The van der Waals surface area contributed by atoms with E-state index in [2.05, 4.69) is 30.0 Å². The molecule has 0 heterocycles. The minimum absolute atomic E-state index is 0.184. The molecule has 0 radical (unpaired) electrons. The van der Waals surface area contributed by atoms with Crippen LogP contribution in [0.4, 0.5) is 0 Å². The van der Waals surface area contributed by atoms with Gasteiger partial charge in [0.2, 0.25) is 0 Å². The molecule has 0 aliphatic rings. The fourth-order valence-corrected chi connectivity index (χ4v) is 2.76. The van der Waals surface area contributed by atoms with Crippen LogP contribution in [0.2, 0.25) is 0 Å². The Morgan fingerprint density at radius 1 is 1.09 bits per heavy atom. The predicted octanol–water partition coefficient (Wildman–Crippen LogP) is 4.12. The van der Waals surface area contributed by atoms with Gasteiger partial charge in [-0.05, 0) is 31.5 Å². The van der Waals surface area contributed by atoms with Gasteiger partial charge in [-0.25, -0.2) is 4.79 Å². The Morgan fingerprint density at radius 2 is 1.83 bits per heavy atom. The maximum absolute atomic E-state index is 12.6. The molecular formula is C20H25NO2. The molecule has 2 aromatic carbocycles. The fraction of sp³-hybridized carbons (Fsp3) is 0.350. The van der Waals surface area contributed by atoms with Crippen molar-refractivity contribution in [2.24, 2.45) is 0 Å². The van der Waals surface area contributed by atoms with Crippen LogP contribution in [0.15, 0.2) is 54.6 Å².